The van der Waals surface area contributed by atoms with E-state index in [4.69, 9.17) is 15.0 Å². The van der Waals surface area contributed by atoms with Crippen LogP contribution in [0.5, 0.6) is 0 Å². The summed E-state index contributed by atoms with van der Waals surface area (Å²) in [6.07, 6.45) is 0. The molecule has 0 fully saturated rings. The molecule has 0 bridgehead atoms. The van der Waals surface area contributed by atoms with E-state index in [0.717, 1.165) is 55.6 Å². The Morgan fingerprint density at radius 2 is 0.656 bits per heavy atom. The van der Waals surface area contributed by atoms with Gasteiger partial charge in [-0.15, -0.1) is 0 Å². The third-order valence-electron chi connectivity index (χ3n) is 12.8. The van der Waals surface area contributed by atoms with E-state index >= 15 is 0 Å². The Bertz CT molecular complexity index is 3830. The van der Waals surface area contributed by atoms with Crippen molar-refractivity contribution in [3.8, 4) is 56.7 Å². The van der Waals surface area contributed by atoms with Gasteiger partial charge in [0.05, 0.1) is 22.1 Å². The molecular formula is C59H37N5. The summed E-state index contributed by atoms with van der Waals surface area (Å²) in [6, 6.07) is 79.8. The lowest BCUT2D eigenvalue weighted by Gasteiger charge is -2.11. The molecule has 5 nitrogen and oxygen atoms in total. The highest BCUT2D eigenvalue weighted by Crippen LogP contribution is 2.41. The lowest BCUT2D eigenvalue weighted by Crippen LogP contribution is -2.00. The molecule has 13 rings (SSSR count). The van der Waals surface area contributed by atoms with Crippen LogP contribution in [0.25, 0.3) is 122 Å². The third-order valence-corrected chi connectivity index (χ3v) is 12.8. The number of benzene rings is 10. The van der Waals surface area contributed by atoms with Crippen molar-refractivity contribution in [2.75, 3.05) is 0 Å². The standard InChI is InChI=1S/C59H37N5/c1-3-15-42(16-4-1)57-60-58(62-59(61-57)44-31-34-52-50(37-44)49-21-11-12-22-51(49)63(52)45-17-5-2-6-18-45)43-25-23-38(24-26-43)39-27-32-46(33-28-39)64-53-35-29-40-13-7-9-19-47(40)55(53)56-48-20-10-8-14-41(48)30-36-54(56)64/h1-37H. The predicted octanol–water partition coefficient (Wildman–Crippen LogP) is 15.0. The van der Waals surface area contributed by atoms with Crippen LogP contribution in [0, 0.1) is 0 Å². The second-order valence-electron chi connectivity index (χ2n) is 16.4. The van der Waals surface area contributed by atoms with E-state index in [-0.39, 0.29) is 0 Å². The summed E-state index contributed by atoms with van der Waals surface area (Å²) in [7, 11) is 0. The van der Waals surface area contributed by atoms with Crippen LogP contribution < -0.4 is 0 Å². The predicted molar refractivity (Wildman–Crippen MR) is 265 cm³/mol. The molecule has 10 aromatic carbocycles. The zero-order chi connectivity index (χ0) is 42.1. The van der Waals surface area contributed by atoms with Crippen LogP contribution in [0.15, 0.2) is 224 Å². The highest BCUT2D eigenvalue weighted by molar-refractivity contribution is 6.28. The van der Waals surface area contributed by atoms with E-state index < -0.39 is 0 Å². The molecule has 0 saturated carbocycles. The molecule has 3 heterocycles. The first-order chi connectivity index (χ1) is 31.7. The molecule has 0 amide bonds. The molecule has 0 N–H and O–H groups in total. The average molecular weight is 816 g/mol. The van der Waals surface area contributed by atoms with Gasteiger partial charge in [-0.2, -0.15) is 0 Å². The number of nitrogens with zero attached hydrogens (tertiary/aromatic N) is 5. The van der Waals surface area contributed by atoms with Crippen molar-refractivity contribution in [3.05, 3.63) is 224 Å². The summed E-state index contributed by atoms with van der Waals surface area (Å²) >= 11 is 0. The van der Waals surface area contributed by atoms with Gasteiger partial charge in [0.25, 0.3) is 0 Å². The zero-order valence-corrected chi connectivity index (χ0v) is 34.6. The fourth-order valence-corrected chi connectivity index (χ4v) is 9.76. The quantitative estimate of drug-likeness (QED) is 0.168. The van der Waals surface area contributed by atoms with Crippen LogP contribution in [-0.4, -0.2) is 24.1 Å². The summed E-state index contributed by atoms with van der Waals surface area (Å²) in [5.74, 6) is 1.90. The normalized spacial score (nSPS) is 11.8. The number of fused-ring (bicyclic) bond motifs is 10. The van der Waals surface area contributed by atoms with Crippen molar-refractivity contribution < 1.29 is 0 Å². The van der Waals surface area contributed by atoms with Gasteiger partial charge in [-0.25, -0.2) is 15.0 Å². The summed E-state index contributed by atoms with van der Waals surface area (Å²) in [5.41, 5.74) is 12.0. The molecular weight excluding hydrogens is 779 g/mol. The average Bonchev–Trinajstić information content (AvgIpc) is 3.90. The number of hydrogen-bond donors (Lipinski definition) is 0. The van der Waals surface area contributed by atoms with Crippen molar-refractivity contribution in [2.24, 2.45) is 0 Å². The van der Waals surface area contributed by atoms with Crippen molar-refractivity contribution in [2.45, 2.75) is 0 Å². The van der Waals surface area contributed by atoms with E-state index in [2.05, 4.69) is 215 Å². The largest absolute Gasteiger partial charge is 0.309 e. The minimum Gasteiger partial charge on any atom is -0.309 e. The summed E-state index contributed by atoms with van der Waals surface area (Å²) in [4.78, 5) is 15.3. The Labute approximate surface area is 368 Å². The summed E-state index contributed by atoms with van der Waals surface area (Å²) in [5, 5.41) is 9.94. The van der Waals surface area contributed by atoms with Gasteiger partial charge in [0.15, 0.2) is 17.5 Å². The number of rotatable bonds is 6. The van der Waals surface area contributed by atoms with Crippen LogP contribution in [0.2, 0.25) is 0 Å². The Balaban J connectivity index is 0.885. The summed E-state index contributed by atoms with van der Waals surface area (Å²) in [6.45, 7) is 0. The molecule has 0 saturated heterocycles. The van der Waals surface area contributed by atoms with Gasteiger partial charge in [0, 0.05) is 49.6 Å². The maximum Gasteiger partial charge on any atom is 0.164 e. The smallest absolute Gasteiger partial charge is 0.164 e. The van der Waals surface area contributed by atoms with Crippen molar-refractivity contribution in [1.82, 2.24) is 24.1 Å². The fourth-order valence-electron chi connectivity index (χ4n) is 9.76. The fraction of sp³-hybridized carbons (Fsp3) is 0. The Morgan fingerprint density at radius 3 is 1.28 bits per heavy atom. The van der Waals surface area contributed by atoms with Crippen molar-refractivity contribution in [1.29, 1.82) is 0 Å². The van der Waals surface area contributed by atoms with Gasteiger partial charge in [-0.3, -0.25) is 0 Å². The molecule has 0 aliphatic carbocycles. The Kier molecular flexibility index (Phi) is 8.15. The molecule has 64 heavy (non-hydrogen) atoms. The van der Waals surface area contributed by atoms with Gasteiger partial charge in [0.2, 0.25) is 0 Å². The van der Waals surface area contributed by atoms with Crippen LogP contribution >= 0.6 is 0 Å². The zero-order valence-electron chi connectivity index (χ0n) is 34.6. The maximum atomic E-state index is 5.15. The molecule has 298 valence electrons. The lowest BCUT2D eigenvalue weighted by atomic mass is 10.00. The molecule has 0 atom stereocenters. The minimum absolute atomic E-state index is 0.629. The highest BCUT2D eigenvalue weighted by atomic mass is 15.0. The Morgan fingerprint density at radius 1 is 0.250 bits per heavy atom. The monoisotopic (exact) mass is 815 g/mol. The molecule has 0 spiro atoms. The van der Waals surface area contributed by atoms with E-state index in [1.54, 1.807) is 0 Å². The third kappa shape index (κ3) is 5.75. The van der Waals surface area contributed by atoms with Crippen molar-refractivity contribution >= 4 is 65.2 Å². The van der Waals surface area contributed by atoms with Crippen LogP contribution in [-0.2, 0) is 0 Å². The number of para-hydroxylation sites is 2. The van der Waals surface area contributed by atoms with E-state index in [1.807, 2.05) is 18.2 Å². The molecule has 0 radical (unpaired) electrons. The summed E-state index contributed by atoms with van der Waals surface area (Å²) < 4.78 is 4.74. The number of hydrogen-bond acceptors (Lipinski definition) is 3. The minimum atomic E-state index is 0.629. The molecule has 13 aromatic rings. The Hall–Kier alpha value is -8.67. The second-order valence-corrected chi connectivity index (χ2v) is 16.4. The van der Waals surface area contributed by atoms with E-state index in [1.165, 1.54) is 48.7 Å². The molecule has 0 aliphatic heterocycles. The SMILES string of the molecule is c1ccc(-c2nc(-c3ccc(-c4ccc(-n5c6ccc7ccccc7c6c6c7ccccc7ccc65)cc4)cc3)nc(-c3ccc4c(c3)c3ccccc3n4-c3ccccc3)n2)cc1. The van der Waals surface area contributed by atoms with Crippen LogP contribution in [0.1, 0.15) is 0 Å². The number of aromatic nitrogens is 5. The van der Waals surface area contributed by atoms with E-state index in [9.17, 15) is 0 Å². The highest BCUT2D eigenvalue weighted by Gasteiger charge is 2.19. The molecule has 3 aromatic heterocycles. The van der Waals surface area contributed by atoms with Gasteiger partial charge >= 0.3 is 0 Å². The second kappa shape index (κ2) is 14.5. The maximum absolute atomic E-state index is 5.15. The first kappa shape index (κ1) is 36.0. The topological polar surface area (TPSA) is 48.5 Å². The van der Waals surface area contributed by atoms with Crippen molar-refractivity contribution in [3.63, 3.8) is 0 Å². The van der Waals surface area contributed by atoms with Crippen LogP contribution in [0.3, 0.4) is 0 Å². The van der Waals surface area contributed by atoms with Gasteiger partial charge in [-0.1, -0.05) is 164 Å². The van der Waals surface area contributed by atoms with Gasteiger partial charge in [0.1, 0.15) is 0 Å². The van der Waals surface area contributed by atoms with Gasteiger partial charge < -0.3 is 9.13 Å². The molecule has 0 unspecified atom stereocenters. The molecule has 0 aliphatic rings. The van der Waals surface area contributed by atoms with E-state index in [0.29, 0.717) is 17.5 Å². The molecule has 5 heteroatoms. The van der Waals surface area contributed by atoms with Gasteiger partial charge in [-0.05, 0) is 93.3 Å². The van der Waals surface area contributed by atoms with Crippen LogP contribution in [0.4, 0.5) is 0 Å². The first-order valence-corrected chi connectivity index (χ1v) is 21.7. The first-order valence-electron chi connectivity index (χ1n) is 21.7. The lowest BCUT2D eigenvalue weighted by molar-refractivity contribution is 1.07.